The highest BCUT2D eigenvalue weighted by Gasteiger charge is 2.34. The highest BCUT2D eigenvalue weighted by Crippen LogP contribution is 2.23. The Kier molecular flexibility index (Phi) is 5.89. The summed E-state index contributed by atoms with van der Waals surface area (Å²) < 4.78 is 37.2. The Balaban J connectivity index is 1.36. The number of hydrogen-bond donors (Lipinski definition) is 1. The van der Waals surface area contributed by atoms with Gasteiger partial charge < -0.3 is 19.4 Å². The average molecular weight is 433 g/mol. The molecule has 2 aliphatic rings. The summed E-state index contributed by atoms with van der Waals surface area (Å²) in [7, 11) is -3.58. The van der Waals surface area contributed by atoms with Crippen molar-refractivity contribution >= 4 is 27.5 Å². The van der Waals surface area contributed by atoms with Gasteiger partial charge in [0, 0.05) is 31.7 Å². The summed E-state index contributed by atoms with van der Waals surface area (Å²) in [4.78, 5) is 26.5. The molecule has 1 aromatic heterocycles. The molecule has 2 saturated heterocycles. The largest absolute Gasteiger partial charge is 0.467 e. The molecule has 0 spiro atoms. The first kappa shape index (κ1) is 20.6. The predicted octanol–water partition coefficient (Wildman–Crippen LogP) is 1.29. The van der Waals surface area contributed by atoms with Crippen molar-refractivity contribution in [2.24, 2.45) is 5.92 Å². The lowest BCUT2D eigenvalue weighted by molar-refractivity contribution is -0.128. The van der Waals surface area contributed by atoms with Gasteiger partial charge in [0.15, 0.2) is 0 Å². The molecule has 1 atom stereocenters. The van der Waals surface area contributed by atoms with Gasteiger partial charge in [0.2, 0.25) is 21.8 Å². The molecule has 1 aromatic carbocycles. The average Bonchev–Trinajstić information content (AvgIpc) is 3.39. The van der Waals surface area contributed by atoms with Crippen molar-refractivity contribution in [1.82, 2.24) is 9.21 Å². The monoisotopic (exact) mass is 433 g/mol. The fourth-order valence-corrected chi connectivity index (χ4v) is 4.99. The highest BCUT2D eigenvalue weighted by molar-refractivity contribution is 7.89. The molecule has 160 valence electrons. The maximum Gasteiger partial charge on any atom is 0.243 e. The van der Waals surface area contributed by atoms with Crippen LogP contribution in [0.25, 0.3) is 0 Å². The zero-order valence-corrected chi connectivity index (χ0v) is 17.1. The molecule has 1 unspecified atom stereocenters. The molecule has 1 N–H and O–H groups in total. The van der Waals surface area contributed by atoms with Crippen LogP contribution in [0.3, 0.4) is 0 Å². The van der Waals surface area contributed by atoms with Crippen molar-refractivity contribution in [2.45, 2.75) is 17.9 Å². The SMILES string of the molecule is O=C(Nc1ccc(S(=O)(=O)N2CCOCC2)cc1)C1CC(=O)N(Cc2ccco2)C1. The zero-order valence-electron chi connectivity index (χ0n) is 16.3. The number of rotatable bonds is 6. The van der Waals surface area contributed by atoms with Gasteiger partial charge in [0.05, 0.1) is 36.8 Å². The number of furan rings is 1. The number of anilines is 1. The van der Waals surface area contributed by atoms with Crippen molar-refractivity contribution in [3.63, 3.8) is 0 Å². The minimum absolute atomic E-state index is 0.0986. The smallest absolute Gasteiger partial charge is 0.243 e. The van der Waals surface area contributed by atoms with Crippen molar-refractivity contribution in [3.05, 3.63) is 48.4 Å². The molecule has 10 heteroatoms. The molecule has 30 heavy (non-hydrogen) atoms. The molecular weight excluding hydrogens is 410 g/mol. The Hall–Kier alpha value is -2.69. The molecule has 2 aromatic rings. The summed E-state index contributed by atoms with van der Waals surface area (Å²) in [5, 5.41) is 2.77. The third-order valence-electron chi connectivity index (χ3n) is 5.24. The second-order valence-corrected chi connectivity index (χ2v) is 9.22. The first-order valence-corrected chi connectivity index (χ1v) is 11.2. The van der Waals surface area contributed by atoms with Gasteiger partial charge in [-0.1, -0.05) is 0 Å². The van der Waals surface area contributed by atoms with E-state index in [4.69, 9.17) is 9.15 Å². The van der Waals surface area contributed by atoms with Gasteiger partial charge in [0.25, 0.3) is 0 Å². The normalized spacial score (nSPS) is 20.5. The lowest BCUT2D eigenvalue weighted by atomic mass is 10.1. The van der Waals surface area contributed by atoms with Gasteiger partial charge in [-0.05, 0) is 36.4 Å². The van der Waals surface area contributed by atoms with Crippen molar-refractivity contribution < 1.29 is 27.2 Å². The summed E-state index contributed by atoms with van der Waals surface area (Å²) in [6.45, 7) is 2.06. The minimum Gasteiger partial charge on any atom is -0.467 e. The number of nitrogens with one attached hydrogen (secondary N) is 1. The van der Waals surface area contributed by atoms with Crippen LogP contribution in [0.2, 0.25) is 0 Å². The van der Waals surface area contributed by atoms with Crippen LogP contribution in [0.1, 0.15) is 12.2 Å². The van der Waals surface area contributed by atoms with E-state index in [9.17, 15) is 18.0 Å². The molecule has 2 amide bonds. The molecule has 4 rings (SSSR count). The van der Waals surface area contributed by atoms with Crippen molar-refractivity contribution in [1.29, 1.82) is 0 Å². The molecule has 3 heterocycles. The Morgan fingerprint density at radius 3 is 2.53 bits per heavy atom. The van der Waals surface area contributed by atoms with E-state index in [1.165, 1.54) is 16.4 Å². The van der Waals surface area contributed by atoms with Crippen LogP contribution in [-0.4, -0.2) is 62.3 Å². The van der Waals surface area contributed by atoms with Crippen LogP contribution in [0.15, 0.2) is 52.0 Å². The number of sulfonamides is 1. The summed E-state index contributed by atoms with van der Waals surface area (Å²) in [5.41, 5.74) is 0.484. The van der Waals surface area contributed by atoms with Gasteiger partial charge in [-0.3, -0.25) is 9.59 Å². The molecule has 0 aliphatic carbocycles. The van der Waals surface area contributed by atoms with Crippen LogP contribution in [0.4, 0.5) is 5.69 Å². The van der Waals surface area contributed by atoms with E-state index in [-0.39, 0.29) is 23.1 Å². The number of amides is 2. The quantitative estimate of drug-likeness (QED) is 0.735. The van der Waals surface area contributed by atoms with Crippen LogP contribution < -0.4 is 5.32 Å². The maximum absolute atomic E-state index is 12.7. The fourth-order valence-electron chi connectivity index (χ4n) is 3.58. The minimum atomic E-state index is -3.58. The van der Waals surface area contributed by atoms with E-state index in [0.717, 1.165) is 0 Å². The molecule has 0 radical (unpaired) electrons. The third-order valence-corrected chi connectivity index (χ3v) is 7.15. The fraction of sp³-hybridized carbons (Fsp3) is 0.400. The Morgan fingerprint density at radius 2 is 1.87 bits per heavy atom. The van der Waals surface area contributed by atoms with Crippen molar-refractivity contribution in [2.75, 3.05) is 38.2 Å². The molecule has 9 nitrogen and oxygen atoms in total. The number of likely N-dealkylation sites (tertiary alicyclic amines) is 1. The Labute approximate surface area is 174 Å². The lowest BCUT2D eigenvalue weighted by Crippen LogP contribution is -2.40. The van der Waals surface area contributed by atoms with E-state index in [2.05, 4.69) is 5.32 Å². The molecule has 0 saturated carbocycles. The van der Waals surface area contributed by atoms with E-state index < -0.39 is 15.9 Å². The predicted molar refractivity (Wildman–Crippen MR) is 107 cm³/mol. The van der Waals surface area contributed by atoms with Gasteiger partial charge >= 0.3 is 0 Å². The third kappa shape index (κ3) is 4.40. The zero-order chi connectivity index (χ0) is 21.1. The van der Waals surface area contributed by atoms with Gasteiger partial charge in [-0.2, -0.15) is 4.31 Å². The standard InChI is InChI=1S/C20H23N3O6S/c24-19-12-15(13-22(19)14-17-2-1-9-29-17)20(25)21-16-3-5-18(6-4-16)30(26,27)23-7-10-28-11-8-23/h1-6,9,15H,7-8,10-14H2,(H,21,25). The maximum atomic E-state index is 12.7. The second kappa shape index (κ2) is 8.58. The Morgan fingerprint density at radius 1 is 1.13 bits per heavy atom. The van der Waals surface area contributed by atoms with Crippen LogP contribution in [0.5, 0.6) is 0 Å². The van der Waals surface area contributed by atoms with E-state index in [1.54, 1.807) is 35.4 Å². The van der Waals surface area contributed by atoms with Gasteiger partial charge in [-0.25, -0.2) is 8.42 Å². The number of carbonyl (C=O) groups excluding carboxylic acids is 2. The van der Waals surface area contributed by atoms with E-state index in [0.29, 0.717) is 50.8 Å². The number of morpholine rings is 1. The van der Waals surface area contributed by atoms with Crippen molar-refractivity contribution in [3.8, 4) is 0 Å². The van der Waals surface area contributed by atoms with E-state index in [1.807, 2.05) is 0 Å². The summed E-state index contributed by atoms with van der Waals surface area (Å²) >= 11 is 0. The number of nitrogens with zero attached hydrogens (tertiary/aromatic N) is 2. The topological polar surface area (TPSA) is 109 Å². The summed E-state index contributed by atoms with van der Waals surface area (Å²) in [6, 6.07) is 9.61. The number of carbonyl (C=O) groups is 2. The number of hydrogen-bond acceptors (Lipinski definition) is 6. The molecule has 2 aliphatic heterocycles. The highest BCUT2D eigenvalue weighted by atomic mass is 32.2. The summed E-state index contributed by atoms with van der Waals surface area (Å²) in [6.07, 6.45) is 1.68. The van der Waals surface area contributed by atoms with Crippen LogP contribution >= 0.6 is 0 Å². The molecule has 0 bridgehead atoms. The van der Waals surface area contributed by atoms with Crippen LogP contribution in [0, 0.1) is 5.92 Å². The first-order chi connectivity index (χ1) is 14.4. The number of ether oxygens (including phenoxy) is 1. The van der Waals surface area contributed by atoms with Gasteiger partial charge in [0.1, 0.15) is 5.76 Å². The lowest BCUT2D eigenvalue weighted by Gasteiger charge is -2.26. The molecule has 2 fully saturated rings. The Bertz CT molecular complexity index is 998. The van der Waals surface area contributed by atoms with E-state index >= 15 is 0 Å². The van der Waals surface area contributed by atoms with Gasteiger partial charge in [-0.15, -0.1) is 0 Å². The molecular formula is C20H23N3O6S. The summed E-state index contributed by atoms with van der Waals surface area (Å²) in [5.74, 6) is -0.168. The first-order valence-electron chi connectivity index (χ1n) is 9.72. The second-order valence-electron chi connectivity index (χ2n) is 7.28. The number of benzene rings is 1. The van der Waals surface area contributed by atoms with Crippen LogP contribution in [-0.2, 0) is 30.9 Å².